The highest BCUT2D eigenvalue weighted by Gasteiger charge is 2.38. The predicted molar refractivity (Wildman–Crippen MR) is 133 cm³/mol. The molecule has 0 saturated heterocycles. The lowest BCUT2D eigenvalue weighted by Gasteiger charge is -2.20. The van der Waals surface area contributed by atoms with Crippen LogP contribution in [0.5, 0.6) is 11.5 Å². The molecule has 2 nitrogen and oxygen atoms in total. The van der Waals surface area contributed by atoms with Crippen LogP contribution in [0.4, 0.5) is 35.1 Å². The van der Waals surface area contributed by atoms with Crippen LogP contribution in [0.15, 0.2) is 85.1 Å². The molecule has 40 heavy (non-hydrogen) atoms. The minimum Gasteiger partial charge on any atom is -0.453 e. The highest BCUT2D eigenvalue weighted by Crippen LogP contribution is 2.37. The zero-order valence-corrected chi connectivity index (χ0v) is 20.8. The molecule has 4 aromatic rings. The largest absolute Gasteiger partial charge is 0.453 e. The summed E-state index contributed by atoms with van der Waals surface area (Å²) in [4.78, 5) is 0. The van der Waals surface area contributed by atoms with Crippen LogP contribution in [0.3, 0.4) is 0 Å². The van der Waals surface area contributed by atoms with Crippen molar-refractivity contribution >= 4 is 0 Å². The number of benzene rings is 4. The van der Waals surface area contributed by atoms with Crippen LogP contribution in [-0.2, 0) is 12.5 Å². The fraction of sp³-hybridized carbons (Fsp3) is 0.133. The summed E-state index contributed by atoms with van der Waals surface area (Å²) in [7, 11) is 0. The second-order valence-corrected chi connectivity index (χ2v) is 8.70. The Morgan fingerprint density at radius 3 is 1.93 bits per heavy atom. The Balaban J connectivity index is 1.54. The van der Waals surface area contributed by atoms with Gasteiger partial charge in [0.2, 0.25) is 0 Å². The first-order valence-electron chi connectivity index (χ1n) is 11.9. The lowest BCUT2D eigenvalue weighted by Crippen LogP contribution is -2.23. The van der Waals surface area contributed by atoms with Crippen LogP contribution in [0, 0.1) is 23.3 Å². The molecule has 0 bridgehead atoms. The topological polar surface area (TPSA) is 18.5 Å². The molecule has 0 aliphatic heterocycles. The molecule has 0 aliphatic rings. The number of rotatable bonds is 9. The molecule has 0 aliphatic carbocycles. The van der Waals surface area contributed by atoms with Crippen molar-refractivity contribution < 1.29 is 44.6 Å². The summed E-state index contributed by atoms with van der Waals surface area (Å²) < 4.78 is 121. The molecular weight excluding hydrogens is 544 g/mol. The van der Waals surface area contributed by atoms with Gasteiger partial charge in [0.05, 0.1) is 5.56 Å². The van der Waals surface area contributed by atoms with Crippen molar-refractivity contribution in [3.8, 4) is 33.8 Å². The molecule has 0 radical (unpaired) electrons. The lowest BCUT2D eigenvalue weighted by atomic mass is 10.0. The summed E-state index contributed by atoms with van der Waals surface area (Å²) in [5, 5.41) is 0. The van der Waals surface area contributed by atoms with E-state index in [1.54, 1.807) is 12.1 Å². The third-order valence-corrected chi connectivity index (χ3v) is 5.87. The van der Waals surface area contributed by atoms with Crippen molar-refractivity contribution in [1.82, 2.24) is 0 Å². The number of hydrogen-bond acceptors (Lipinski definition) is 2. The van der Waals surface area contributed by atoms with Gasteiger partial charge in [-0.15, -0.1) is 0 Å². The maximum Gasteiger partial charge on any atom is 0.429 e. The average molecular weight is 564 g/mol. The summed E-state index contributed by atoms with van der Waals surface area (Å²) in [6, 6.07) is 14.0. The van der Waals surface area contributed by atoms with Gasteiger partial charge in [-0.25, -0.2) is 17.6 Å². The molecule has 0 heterocycles. The highest BCUT2D eigenvalue weighted by atomic mass is 19.3. The van der Waals surface area contributed by atoms with Crippen molar-refractivity contribution in [3.05, 3.63) is 120 Å². The van der Waals surface area contributed by atoms with E-state index in [4.69, 9.17) is 0 Å². The van der Waals surface area contributed by atoms with Crippen LogP contribution < -0.4 is 9.47 Å². The first-order valence-corrected chi connectivity index (χ1v) is 11.9. The van der Waals surface area contributed by atoms with E-state index in [0.717, 1.165) is 42.7 Å². The number of ether oxygens (including phenoxy) is 2. The van der Waals surface area contributed by atoms with Gasteiger partial charge < -0.3 is 9.47 Å². The van der Waals surface area contributed by atoms with E-state index in [0.29, 0.717) is 29.3 Å². The first kappa shape index (κ1) is 28.7. The number of halogens is 8. The fourth-order valence-electron chi connectivity index (χ4n) is 4.01. The Labute approximate surface area is 224 Å². The van der Waals surface area contributed by atoms with E-state index < -0.39 is 58.1 Å². The SMILES string of the molecule is CCCc1ccc(-c2ccc(C(F)(F)Oc3ccc(-c4cc(F)c(OC=C(F)F)c(F)c4)c(F)c3)c(F)c2)cc1. The Morgan fingerprint density at radius 1 is 0.725 bits per heavy atom. The second-order valence-electron chi connectivity index (χ2n) is 8.70. The quantitative estimate of drug-likeness (QED) is 0.149. The zero-order valence-electron chi connectivity index (χ0n) is 20.8. The second kappa shape index (κ2) is 11.8. The lowest BCUT2D eigenvalue weighted by molar-refractivity contribution is -0.187. The van der Waals surface area contributed by atoms with Crippen LogP contribution in [0.25, 0.3) is 22.3 Å². The number of hydrogen-bond donors (Lipinski definition) is 0. The molecule has 4 aromatic carbocycles. The van der Waals surface area contributed by atoms with E-state index in [1.807, 2.05) is 19.1 Å². The summed E-state index contributed by atoms with van der Waals surface area (Å²) >= 11 is 0. The Morgan fingerprint density at radius 2 is 1.35 bits per heavy atom. The van der Waals surface area contributed by atoms with Crippen LogP contribution in [0.1, 0.15) is 24.5 Å². The molecule has 0 saturated carbocycles. The van der Waals surface area contributed by atoms with Gasteiger partial charge in [-0.05, 0) is 65.1 Å². The maximum absolute atomic E-state index is 14.9. The first-order chi connectivity index (χ1) is 19.0. The minimum atomic E-state index is -4.20. The molecule has 4 rings (SSSR count). The smallest absolute Gasteiger partial charge is 0.429 e. The van der Waals surface area contributed by atoms with Crippen molar-refractivity contribution in [1.29, 1.82) is 0 Å². The van der Waals surface area contributed by atoms with E-state index in [9.17, 15) is 35.1 Å². The van der Waals surface area contributed by atoms with E-state index in [2.05, 4.69) is 9.47 Å². The normalized spacial score (nSPS) is 11.3. The van der Waals surface area contributed by atoms with Gasteiger partial charge in [0.25, 0.3) is 0 Å². The molecule has 0 fully saturated rings. The van der Waals surface area contributed by atoms with Crippen molar-refractivity contribution in [2.75, 3.05) is 0 Å². The van der Waals surface area contributed by atoms with E-state index in [1.165, 1.54) is 6.07 Å². The fourth-order valence-corrected chi connectivity index (χ4v) is 4.01. The van der Waals surface area contributed by atoms with Crippen molar-refractivity contribution in [2.24, 2.45) is 0 Å². The third-order valence-electron chi connectivity index (χ3n) is 5.87. The molecule has 0 unspecified atom stereocenters. The Kier molecular flexibility index (Phi) is 8.46. The van der Waals surface area contributed by atoms with E-state index in [-0.39, 0.29) is 11.8 Å². The molecule has 0 spiro atoms. The Bertz CT molecular complexity index is 1520. The zero-order chi connectivity index (χ0) is 29.0. The summed E-state index contributed by atoms with van der Waals surface area (Å²) in [5.41, 5.74) is 0.232. The monoisotopic (exact) mass is 564 g/mol. The van der Waals surface area contributed by atoms with Gasteiger partial charge >= 0.3 is 12.2 Å². The number of aryl methyl sites for hydroxylation is 1. The summed E-state index contributed by atoms with van der Waals surface area (Å²) in [6.45, 7) is 2.03. The van der Waals surface area contributed by atoms with Gasteiger partial charge in [0.15, 0.2) is 23.6 Å². The van der Waals surface area contributed by atoms with Gasteiger partial charge in [0.1, 0.15) is 17.4 Å². The van der Waals surface area contributed by atoms with Crippen molar-refractivity contribution in [3.63, 3.8) is 0 Å². The predicted octanol–water partition coefficient (Wildman–Crippen LogP) is 9.77. The molecule has 208 valence electrons. The molecular formula is C30H20F8O2. The standard InChI is InChI=1S/C30H20F8O2/c1-2-3-17-4-6-18(7-5-17)19-8-11-23(25(32)12-19)30(37,38)40-21-9-10-22(24(31)15-21)20-13-26(33)29(27(34)14-20)39-16-28(35)36/h4-16H,2-3H2,1H3. The minimum absolute atomic E-state index is 0.171. The highest BCUT2D eigenvalue weighted by molar-refractivity contribution is 5.67. The molecule has 0 aromatic heterocycles. The van der Waals surface area contributed by atoms with Crippen LogP contribution >= 0.6 is 0 Å². The molecule has 0 amide bonds. The van der Waals surface area contributed by atoms with Gasteiger partial charge in [-0.3, -0.25) is 0 Å². The van der Waals surface area contributed by atoms with Crippen LogP contribution in [0.2, 0.25) is 0 Å². The van der Waals surface area contributed by atoms with Gasteiger partial charge in [0, 0.05) is 11.6 Å². The molecule has 0 N–H and O–H groups in total. The van der Waals surface area contributed by atoms with E-state index >= 15 is 0 Å². The summed E-state index contributed by atoms with van der Waals surface area (Å²) in [6.07, 6.45) is -4.88. The van der Waals surface area contributed by atoms with Gasteiger partial charge in [-0.2, -0.15) is 17.6 Å². The number of alkyl halides is 2. The van der Waals surface area contributed by atoms with Gasteiger partial charge in [-0.1, -0.05) is 43.7 Å². The molecule has 0 atom stereocenters. The maximum atomic E-state index is 14.9. The van der Waals surface area contributed by atoms with Crippen LogP contribution in [-0.4, -0.2) is 0 Å². The molecule has 10 heteroatoms. The Hall–Kier alpha value is -4.34. The average Bonchev–Trinajstić information content (AvgIpc) is 2.88. The summed E-state index contributed by atoms with van der Waals surface area (Å²) in [5.74, 6) is -7.08. The van der Waals surface area contributed by atoms with Crippen molar-refractivity contribution in [2.45, 2.75) is 25.9 Å². The third kappa shape index (κ3) is 6.44.